The molecule has 0 aliphatic rings. The van der Waals surface area contributed by atoms with Crippen molar-refractivity contribution in [3.05, 3.63) is 65.2 Å². The Balaban J connectivity index is 1.92. The number of aryl methyl sites for hydroxylation is 1. The van der Waals surface area contributed by atoms with Crippen LogP contribution in [0.5, 0.6) is 5.75 Å². The molecule has 0 saturated heterocycles. The van der Waals surface area contributed by atoms with E-state index < -0.39 is 0 Å². The van der Waals surface area contributed by atoms with E-state index in [4.69, 9.17) is 4.74 Å². The van der Waals surface area contributed by atoms with Crippen molar-refractivity contribution in [2.24, 2.45) is 0 Å². The maximum Gasteiger partial charge on any atom is 0.251 e. The number of nitrogens with one attached hydrogen (secondary N) is 1. The van der Waals surface area contributed by atoms with Gasteiger partial charge in [-0.1, -0.05) is 30.3 Å². The largest absolute Gasteiger partial charge is 0.497 e. The number of nitrogens with zero attached hydrogens (tertiary/aromatic N) is 1. The Labute approximate surface area is 148 Å². The van der Waals surface area contributed by atoms with Crippen molar-refractivity contribution in [3.8, 4) is 5.75 Å². The summed E-state index contributed by atoms with van der Waals surface area (Å²) < 4.78 is 5.12. The number of benzene rings is 2. The molecule has 0 aromatic heterocycles. The minimum absolute atomic E-state index is 0.0149. The maximum absolute atomic E-state index is 12.2. The minimum atomic E-state index is -0.182. The van der Waals surface area contributed by atoms with E-state index >= 15 is 0 Å². The molecule has 0 aliphatic carbocycles. The fourth-order valence-electron chi connectivity index (χ4n) is 2.51. The summed E-state index contributed by atoms with van der Waals surface area (Å²) in [5.41, 5.74) is 2.79. The summed E-state index contributed by atoms with van der Waals surface area (Å²) in [4.78, 5) is 25.8. The molecule has 0 saturated carbocycles. The number of carbonyl (C=O) groups is 2. The molecule has 25 heavy (non-hydrogen) atoms. The van der Waals surface area contributed by atoms with Crippen molar-refractivity contribution in [1.29, 1.82) is 0 Å². The van der Waals surface area contributed by atoms with Crippen LogP contribution in [0, 0.1) is 6.92 Å². The van der Waals surface area contributed by atoms with Gasteiger partial charge in [0.15, 0.2) is 0 Å². The van der Waals surface area contributed by atoms with Crippen molar-refractivity contribution < 1.29 is 14.3 Å². The van der Waals surface area contributed by atoms with Gasteiger partial charge in [-0.2, -0.15) is 0 Å². The van der Waals surface area contributed by atoms with E-state index in [0.29, 0.717) is 30.9 Å². The molecule has 0 spiro atoms. The Morgan fingerprint density at radius 1 is 1.12 bits per heavy atom. The average molecular weight is 340 g/mol. The highest BCUT2D eigenvalue weighted by Crippen LogP contribution is 2.13. The van der Waals surface area contributed by atoms with E-state index in [1.807, 2.05) is 31.2 Å². The molecule has 5 nitrogen and oxygen atoms in total. The first-order chi connectivity index (χ1) is 12.0. The second-order valence-electron chi connectivity index (χ2n) is 5.85. The van der Waals surface area contributed by atoms with Gasteiger partial charge in [0.2, 0.25) is 5.91 Å². The van der Waals surface area contributed by atoms with Crippen molar-refractivity contribution in [3.63, 3.8) is 0 Å². The van der Waals surface area contributed by atoms with Crippen LogP contribution in [0.15, 0.2) is 48.5 Å². The van der Waals surface area contributed by atoms with Gasteiger partial charge in [-0.15, -0.1) is 0 Å². The molecule has 0 heterocycles. The number of methoxy groups -OCH3 is 1. The van der Waals surface area contributed by atoms with Crippen molar-refractivity contribution in [2.45, 2.75) is 20.4 Å². The third-order valence-corrected chi connectivity index (χ3v) is 4.07. The summed E-state index contributed by atoms with van der Waals surface area (Å²) >= 11 is 0. The van der Waals surface area contributed by atoms with E-state index in [1.165, 1.54) is 0 Å². The Kier molecular flexibility index (Phi) is 6.57. The molecule has 5 heteroatoms. The van der Waals surface area contributed by atoms with Crippen LogP contribution in [0.1, 0.15) is 28.4 Å². The number of amides is 2. The predicted octanol–water partition coefficient (Wildman–Crippen LogP) is 2.78. The quantitative estimate of drug-likeness (QED) is 0.843. The maximum atomic E-state index is 12.2. The highest BCUT2D eigenvalue weighted by Gasteiger charge is 2.12. The van der Waals surface area contributed by atoms with Gasteiger partial charge in [-0.05, 0) is 36.2 Å². The molecule has 0 atom stereocenters. The zero-order valence-corrected chi connectivity index (χ0v) is 14.9. The molecule has 0 bridgehead atoms. The molecule has 2 amide bonds. The normalized spacial score (nSPS) is 10.2. The van der Waals surface area contributed by atoms with Crippen LogP contribution in [-0.2, 0) is 11.3 Å². The smallest absolute Gasteiger partial charge is 0.251 e. The monoisotopic (exact) mass is 340 g/mol. The third-order valence-electron chi connectivity index (χ3n) is 4.07. The van der Waals surface area contributed by atoms with E-state index in [-0.39, 0.29) is 11.8 Å². The van der Waals surface area contributed by atoms with Gasteiger partial charge in [0, 0.05) is 32.1 Å². The van der Waals surface area contributed by atoms with Crippen LogP contribution in [-0.4, -0.2) is 36.9 Å². The Hall–Kier alpha value is -2.82. The summed E-state index contributed by atoms with van der Waals surface area (Å²) in [5.74, 6) is 0.440. The highest BCUT2D eigenvalue weighted by molar-refractivity contribution is 5.94. The van der Waals surface area contributed by atoms with Gasteiger partial charge in [0.1, 0.15) is 5.75 Å². The molecule has 0 fully saturated rings. The number of carbonyl (C=O) groups excluding carboxylic acids is 2. The number of rotatable bonds is 7. The van der Waals surface area contributed by atoms with Gasteiger partial charge in [-0.25, -0.2) is 0 Å². The van der Waals surface area contributed by atoms with Crippen LogP contribution >= 0.6 is 0 Å². The lowest BCUT2D eigenvalue weighted by Gasteiger charge is -2.22. The molecule has 132 valence electrons. The molecule has 2 aromatic rings. The summed E-state index contributed by atoms with van der Waals surface area (Å²) in [6.07, 6.45) is 0. The first-order valence-electron chi connectivity index (χ1n) is 8.23. The Morgan fingerprint density at radius 2 is 1.88 bits per heavy atom. The average Bonchev–Trinajstić information content (AvgIpc) is 2.62. The van der Waals surface area contributed by atoms with E-state index in [0.717, 1.165) is 11.1 Å². The lowest BCUT2D eigenvalue weighted by Crippen LogP contribution is -2.37. The van der Waals surface area contributed by atoms with Gasteiger partial charge in [-0.3, -0.25) is 9.59 Å². The number of hydrogen-bond acceptors (Lipinski definition) is 3. The van der Waals surface area contributed by atoms with Crippen LogP contribution in [0.3, 0.4) is 0 Å². The lowest BCUT2D eigenvalue weighted by atomic mass is 10.1. The molecular formula is C20H24N2O3. The molecular weight excluding hydrogens is 316 g/mol. The van der Waals surface area contributed by atoms with E-state index in [9.17, 15) is 9.59 Å². The summed E-state index contributed by atoms with van der Waals surface area (Å²) in [6.45, 7) is 4.96. The van der Waals surface area contributed by atoms with Gasteiger partial charge >= 0.3 is 0 Å². The third kappa shape index (κ3) is 5.35. The van der Waals surface area contributed by atoms with E-state index in [2.05, 4.69) is 5.32 Å². The second-order valence-corrected chi connectivity index (χ2v) is 5.85. The van der Waals surface area contributed by atoms with Crippen molar-refractivity contribution in [1.82, 2.24) is 10.2 Å². The standard InChI is InChI=1S/C20H24N2O3/c1-15-7-4-5-8-18(15)14-22(16(2)23)12-11-21-20(24)17-9-6-10-19(13-17)25-3/h4-10,13H,11-12,14H2,1-3H3,(H,21,24). The predicted molar refractivity (Wildman–Crippen MR) is 97.6 cm³/mol. The number of ether oxygens (including phenoxy) is 1. The van der Waals surface area contributed by atoms with Crippen LogP contribution in [0.4, 0.5) is 0 Å². The molecule has 0 aliphatic heterocycles. The minimum Gasteiger partial charge on any atom is -0.497 e. The lowest BCUT2D eigenvalue weighted by molar-refractivity contribution is -0.129. The van der Waals surface area contributed by atoms with Crippen molar-refractivity contribution >= 4 is 11.8 Å². The fraction of sp³-hybridized carbons (Fsp3) is 0.300. The molecule has 2 rings (SSSR count). The molecule has 0 unspecified atom stereocenters. The first kappa shape index (κ1) is 18.5. The first-order valence-corrected chi connectivity index (χ1v) is 8.23. The van der Waals surface area contributed by atoms with E-state index in [1.54, 1.807) is 43.2 Å². The molecule has 0 radical (unpaired) electrons. The highest BCUT2D eigenvalue weighted by atomic mass is 16.5. The Bertz CT molecular complexity index is 743. The summed E-state index contributed by atoms with van der Waals surface area (Å²) in [7, 11) is 1.56. The van der Waals surface area contributed by atoms with Gasteiger partial charge in [0.05, 0.1) is 7.11 Å². The zero-order valence-electron chi connectivity index (χ0n) is 14.9. The summed E-state index contributed by atoms with van der Waals surface area (Å²) in [6, 6.07) is 15.0. The molecule has 1 N–H and O–H groups in total. The number of hydrogen-bond donors (Lipinski definition) is 1. The molecule has 2 aromatic carbocycles. The van der Waals surface area contributed by atoms with Gasteiger partial charge in [0.25, 0.3) is 5.91 Å². The summed E-state index contributed by atoms with van der Waals surface area (Å²) in [5, 5.41) is 2.85. The van der Waals surface area contributed by atoms with Crippen LogP contribution in [0.2, 0.25) is 0 Å². The van der Waals surface area contributed by atoms with Gasteiger partial charge < -0.3 is 15.0 Å². The second kappa shape index (κ2) is 8.87. The van der Waals surface area contributed by atoms with Crippen LogP contribution < -0.4 is 10.1 Å². The van der Waals surface area contributed by atoms with Crippen LogP contribution in [0.25, 0.3) is 0 Å². The van der Waals surface area contributed by atoms with Crippen molar-refractivity contribution in [2.75, 3.05) is 20.2 Å². The topological polar surface area (TPSA) is 58.6 Å². The Morgan fingerprint density at radius 3 is 2.56 bits per heavy atom. The SMILES string of the molecule is COc1cccc(C(=O)NCCN(Cc2ccccc2C)C(C)=O)c1. The zero-order chi connectivity index (χ0) is 18.2. The fourth-order valence-corrected chi connectivity index (χ4v) is 2.51.